The number of aromatic nitrogens is 1. The third kappa shape index (κ3) is 3.26. The molecule has 2 N–H and O–H groups in total. The fraction of sp³-hybridized carbons (Fsp3) is 0. The van der Waals surface area contributed by atoms with Crippen LogP contribution in [0, 0.1) is 0 Å². The fourth-order valence-corrected chi connectivity index (χ4v) is 1.91. The molecular weight excluding hydrogens is 298 g/mol. The highest BCUT2D eigenvalue weighted by atomic mass is 16.7. The molecule has 0 fully saturated rings. The van der Waals surface area contributed by atoms with E-state index in [1.807, 2.05) is 30.3 Å². The number of benzene rings is 2. The van der Waals surface area contributed by atoms with Crippen molar-refractivity contribution in [3.63, 3.8) is 0 Å². The summed E-state index contributed by atoms with van der Waals surface area (Å²) >= 11 is 0. The Morgan fingerprint density at radius 2 is 1.35 bits per heavy atom. The van der Waals surface area contributed by atoms with Crippen molar-refractivity contribution in [2.45, 2.75) is 0 Å². The third-order valence-electron chi connectivity index (χ3n) is 3.04. The van der Waals surface area contributed by atoms with Gasteiger partial charge in [-0.25, -0.2) is 4.79 Å². The van der Waals surface area contributed by atoms with Crippen molar-refractivity contribution in [1.29, 1.82) is 0 Å². The number of carbonyl (C=O) groups is 1. The molecule has 3 rings (SSSR count). The van der Waals surface area contributed by atoms with E-state index in [1.54, 1.807) is 12.1 Å². The summed E-state index contributed by atoms with van der Waals surface area (Å²) in [6, 6.07) is 18.0. The first-order valence-electron chi connectivity index (χ1n) is 6.79. The monoisotopic (exact) mass is 311 g/mol. The first kappa shape index (κ1) is 14.5. The molecule has 3 aromatic rings. The molecule has 0 spiro atoms. The molecule has 0 saturated heterocycles. The van der Waals surface area contributed by atoms with Crippen molar-refractivity contribution in [2.75, 3.05) is 0 Å². The Kier molecular flexibility index (Phi) is 3.88. The Balaban J connectivity index is 1.70. The van der Waals surface area contributed by atoms with E-state index in [-0.39, 0.29) is 17.3 Å². The molecule has 0 radical (unpaired) electrons. The van der Waals surface area contributed by atoms with Crippen LogP contribution < -0.4 is 9.57 Å². The normalized spacial score (nSPS) is 10.3. The van der Waals surface area contributed by atoms with Crippen molar-refractivity contribution in [3.8, 4) is 23.3 Å². The van der Waals surface area contributed by atoms with Crippen LogP contribution in [0.4, 0.5) is 0 Å². The van der Waals surface area contributed by atoms with Gasteiger partial charge in [0.2, 0.25) is 11.8 Å². The van der Waals surface area contributed by atoms with Crippen molar-refractivity contribution in [2.24, 2.45) is 0 Å². The number of aromatic hydroxyl groups is 2. The summed E-state index contributed by atoms with van der Waals surface area (Å²) < 4.78 is 6.26. The molecule has 116 valence electrons. The molecule has 0 saturated carbocycles. The van der Waals surface area contributed by atoms with E-state index >= 15 is 0 Å². The van der Waals surface area contributed by atoms with Crippen molar-refractivity contribution >= 4 is 5.97 Å². The second kappa shape index (κ2) is 6.15. The Hall–Kier alpha value is -3.41. The van der Waals surface area contributed by atoms with Crippen LogP contribution >= 0.6 is 0 Å². The topological polar surface area (TPSA) is 80.9 Å². The van der Waals surface area contributed by atoms with Gasteiger partial charge in [0.15, 0.2) is 0 Å². The molecular formula is C17H13NO5. The second-order valence-electron chi connectivity index (χ2n) is 4.66. The van der Waals surface area contributed by atoms with Gasteiger partial charge in [0, 0.05) is 12.1 Å². The number of ether oxygens (including phenoxy) is 1. The van der Waals surface area contributed by atoms with Gasteiger partial charge in [-0.3, -0.25) is 0 Å². The maximum absolute atomic E-state index is 12.0. The van der Waals surface area contributed by atoms with Crippen LogP contribution in [0.25, 0.3) is 0 Å². The van der Waals surface area contributed by atoms with E-state index in [0.717, 1.165) is 0 Å². The summed E-state index contributed by atoms with van der Waals surface area (Å²) in [5, 5.41) is 18.9. The molecule has 0 aliphatic carbocycles. The first-order chi connectivity index (χ1) is 11.1. The molecule has 23 heavy (non-hydrogen) atoms. The quantitative estimate of drug-likeness (QED) is 0.774. The van der Waals surface area contributed by atoms with Gasteiger partial charge in [-0.05, 0) is 36.4 Å². The minimum atomic E-state index is -0.724. The van der Waals surface area contributed by atoms with Gasteiger partial charge < -0.3 is 19.8 Å². The number of nitrogens with zero attached hydrogens (tertiary/aromatic N) is 1. The zero-order chi connectivity index (χ0) is 16.2. The highest BCUT2D eigenvalue weighted by molar-refractivity contribution is 5.89. The van der Waals surface area contributed by atoms with E-state index in [2.05, 4.69) is 0 Å². The zero-order valence-electron chi connectivity index (χ0n) is 11.9. The molecule has 1 aromatic heterocycles. The molecule has 0 bridgehead atoms. The highest BCUT2D eigenvalue weighted by Crippen LogP contribution is 2.22. The first-order valence-corrected chi connectivity index (χ1v) is 6.79. The molecule has 0 aliphatic rings. The summed E-state index contributed by atoms with van der Waals surface area (Å²) in [6.07, 6.45) is 0. The second-order valence-corrected chi connectivity index (χ2v) is 4.66. The van der Waals surface area contributed by atoms with Gasteiger partial charge >= 0.3 is 5.97 Å². The van der Waals surface area contributed by atoms with Gasteiger partial charge in [0.25, 0.3) is 0 Å². The average Bonchev–Trinajstić information content (AvgIpc) is 2.88. The lowest BCUT2D eigenvalue weighted by Crippen LogP contribution is -2.18. The molecule has 1 heterocycles. The van der Waals surface area contributed by atoms with Crippen LogP contribution in [0.5, 0.6) is 23.3 Å². The lowest BCUT2D eigenvalue weighted by atomic mass is 10.2. The molecule has 0 aliphatic heterocycles. The standard InChI is InChI=1S/C17H13NO5/c19-15-10-11-16(20)18(15)23-17(21)12-6-8-14(9-7-12)22-13-4-2-1-3-5-13/h1-11,19-20H. The predicted molar refractivity (Wildman–Crippen MR) is 81.6 cm³/mol. The Bertz CT molecular complexity index is 789. The minimum Gasteiger partial charge on any atom is -0.492 e. The fourth-order valence-electron chi connectivity index (χ4n) is 1.91. The van der Waals surface area contributed by atoms with Crippen LogP contribution in [-0.4, -0.2) is 20.9 Å². The van der Waals surface area contributed by atoms with Crippen LogP contribution in [0.3, 0.4) is 0 Å². The molecule has 0 amide bonds. The van der Waals surface area contributed by atoms with Gasteiger partial charge in [-0.1, -0.05) is 18.2 Å². The molecule has 0 atom stereocenters. The van der Waals surface area contributed by atoms with Crippen molar-refractivity contribution < 1.29 is 24.6 Å². The highest BCUT2D eigenvalue weighted by Gasteiger charge is 2.14. The molecule has 0 unspecified atom stereocenters. The summed E-state index contributed by atoms with van der Waals surface area (Å²) in [5.41, 5.74) is 0.248. The van der Waals surface area contributed by atoms with Crippen molar-refractivity contribution in [1.82, 2.24) is 4.73 Å². The Morgan fingerprint density at radius 3 is 1.96 bits per heavy atom. The van der Waals surface area contributed by atoms with E-state index in [0.29, 0.717) is 16.2 Å². The predicted octanol–water partition coefficient (Wildman–Crippen LogP) is 2.96. The largest absolute Gasteiger partial charge is 0.492 e. The van der Waals surface area contributed by atoms with E-state index < -0.39 is 5.97 Å². The smallest absolute Gasteiger partial charge is 0.363 e. The van der Waals surface area contributed by atoms with Crippen LogP contribution in [0.15, 0.2) is 66.7 Å². The number of rotatable bonds is 4. The maximum atomic E-state index is 12.0. The maximum Gasteiger partial charge on any atom is 0.363 e. The van der Waals surface area contributed by atoms with Crippen molar-refractivity contribution in [3.05, 3.63) is 72.3 Å². The number of hydrogen-bond donors (Lipinski definition) is 2. The van der Waals surface area contributed by atoms with Gasteiger partial charge in [-0.2, -0.15) is 0 Å². The van der Waals surface area contributed by atoms with E-state index in [1.165, 1.54) is 24.3 Å². The molecule has 6 heteroatoms. The third-order valence-corrected chi connectivity index (χ3v) is 3.04. The van der Waals surface area contributed by atoms with Crippen LogP contribution in [-0.2, 0) is 0 Å². The van der Waals surface area contributed by atoms with Gasteiger partial charge in [0.1, 0.15) is 11.5 Å². The van der Waals surface area contributed by atoms with Crippen LogP contribution in [0.2, 0.25) is 0 Å². The summed E-state index contributed by atoms with van der Waals surface area (Å²) in [7, 11) is 0. The lowest BCUT2D eigenvalue weighted by molar-refractivity contribution is 0.0381. The lowest BCUT2D eigenvalue weighted by Gasteiger charge is -2.08. The van der Waals surface area contributed by atoms with E-state index in [9.17, 15) is 15.0 Å². The Labute approximate surface area is 131 Å². The van der Waals surface area contributed by atoms with Crippen LogP contribution in [0.1, 0.15) is 10.4 Å². The summed E-state index contributed by atoms with van der Waals surface area (Å²) in [5.74, 6) is -0.220. The minimum absolute atomic E-state index is 0.248. The molecule has 2 aromatic carbocycles. The molecule has 6 nitrogen and oxygen atoms in total. The van der Waals surface area contributed by atoms with Gasteiger partial charge in [-0.15, -0.1) is 4.73 Å². The summed E-state index contributed by atoms with van der Waals surface area (Å²) in [6.45, 7) is 0. The number of hydrogen-bond acceptors (Lipinski definition) is 5. The SMILES string of the molecule is O=C(On1c(O)ccc1O)c1ccc(Oc2ccccc2)cc1. The number of para-hydroxylation sites is 1. The zero-order valence-corrected chi connectivity index (χ0v) is 11.9. The Morgan fingerprint density at radius 1 is 0.783 bits per heavy atom. The average molecular weight is 311 g/mol. The summed E-state index contributed by atoms with van der Waals surface area (Å²) in [4.78, 5) is 16.9. The van der Waals surface area contributed by atoms with E-state index in [4.69, 9.17) is 9.57 Å². The van der Waals surface area contributed by atoms with Gasteiger partial charge in [0.05, 0.1) is 5.56 Å². The number of carbonyl (C=O) groups excluding carboxylic acids is 1.